The van der Waals surface area contributed by atoms with Crippen molar-refractivity contribution in [2.45, 2.75) is 31.9 Å². The van der Waals surface area contributed by atoms with Crippen LogP contribution in [0.1, 0.15) is 25.3 Å². The summed E-state index contributed by atoms with van der Waals surface area (Å²) in [4.78, 5) is 2.26. The summed E-state index contributed by atoms with van der Waals surface area (Å²) in [6.07, 6.45) is 1.92. The third-order valence-corrected chi connectivity index (χ3v) is 3.56. The van der Waals surface area contributed by atoms with Crippen LogP contribution >= 0.6 is 11.6 Å². The van der Waals surface area contributed by atoms with E-state index in [1.165, 1.54) is 0 Å². The predicted molar refractivity (Wildman–Crippen MR) is 71.0 cm³/mol. The molecule has 2 rings (SSSR count). The van der Waals surface area contributed by atoms with Crippen molar-refractivity contribution in [2.75, 3.05) is 18.8 Å². The third kappa shape index (κ3) is 3.35. The average Bonchev–Trinajstić information content (AvgIpc) is 2.22. The molecule has 1 aliphatic rings. The molecule has 0 spiro atoms. The van der Waals surface area contributed by atoms with Gasteiger partial charge in [-0.3, -0.25) is 4.90 Å². The minimum atomic E-state index is -0.559. The maximum Gasteiger partial charge on any atom is 0.0746 e. The second-order valence-corrected chi connectivity index (χ2v) is 5.57. The van der Waals surface area contributed by atoms with Gasteiger partial charge in [-0.05, 0) is 44.0 Å². The highest BCUT2D eigenvalue weighted by Gasteiger charge is 2.28. The number of β-amino-alcohol motifs (C(OH)–C–C–N with tert-alkyl or cyclic N) is 1. The van der Waals surface area contributed by atoms with Crippen LogP contribution in [-0.4, -0.2) is 28.7 Å². The highest BCUT2D eigenvalue weighted by Crippen LogP contribution is 2.24. The SMILES string of the molecule is CC1(O)CCCN(Cc2ccc(Cl)c(N)c2)C1. The van der Waals surface area contributed by atoms with Gasteiger partial charge in [0.15, 0.2) is 0 Å². The lowest BCUT2D eigenvalue weighted by Crippen LogP contribution is -2.45. The van der Waals surface area contributed by atoms with E-state index in [-0.39, 0.29) is 0 Å². The molecule has 1 aromatic carbocycles. The Kier molecular flexibility index (Phi) is 3.61. The molecule has 1 fully saturated rings. The Morgan fingerprint density at radius 3 is 2.94 bits per heavy atom. The van der Waals surface area contributed by atoms with Crippen LogP contribution in [0.3, 0.4) is 0 Å². The van der Waals surface area contributed by atoms with E-state index in [1.54, 1.807) is 0 Å². The number of likely N-dealkylation sites (tertiary alicyclic amines) is 1. The summed E-state index contributed by atoms with van der Waals surface area (Å²) in [6.45, 7) is 4.46. The number of rotatable bonds is 2. The number of benzene rings is 1. The summed E-state index contributed by atoms with van der Waals surface area (Å²) in [6, 6.07) is 5.72. The Bertz CT molecular complexity index is 406. The lowest BCUT2D eigenvalue weighted by Gasteiger charge is -2.36. The standard InChI is InChI=1S/C13H19ClN2O/c1-13(17)5-2-6-16(9-13)8-10-3-4-11(14)12(15)7-10/h3-4,7,17H,2,5-6,8-9,15H2,1H3. The summed E-state index contributed by atoms with van der Waals surface area (Å²) >= 11 is 5.89. The fraction of sp³-hybridized carbons (Fsp3) is 0.538. The Hall–Kier alpha value is -0.770. The van der Waals surface area contributed by atoms with Gasteiger partial charge in [-0.25, -0.2) is 0 Å². The number of hydrogen-bond acceptors (Lipinski definition) is 3. The number of anilines is 1. The Balaban J connectivity index is 2.03. The highest BCUT2D eigenvalue weighted by atomic mass is 35.5. The molecule has 94 valence electrons. The van der Waals surface area contributed by atoms with E-state index in [2.05, 4.69) is 4.90 Å². The van der Waals surface area contributed by atoms with Gasteiger partial charge < -0.3 is 10.8 Å². The van der Waals surface area contributed by atoms with Crippen LogP contribution in [0, 0.1) is 0 Å². The van der Waals surface area contributed by atoms with E-state index in [9.17, 15) is 5.11 Å². The van der Waals surface area contributed by atoms with Crippen molar-refractivity contribution in [1.29, 1.82) is 0 Å². The zero-order valence-electron chi connectivity index (χ0n) is 10.1. The molecule has 3 nitrogen and oxygen atoms in total. The molecule has 1 unspecified atom stereocenters. The first kappa shape index (κ1) is 12.7. The van der Waals surface area contributed by atoms with Crippen molar-refractivity contribution >= 4 is 17.3 Å². The van der Waals surface area contributed by atoms with Gasteiger partial charge in [-0.2, -0.15) is 0 Å². The molecule has 0 aromatic heterocycles. The van der Waals surface area contributed by atoms with E-state index in [4.69, 9.17) is 17.3 Å². The van der Waals surface area contributed by atoms with E-state index in [1.807, 2.05) is 25.1 Å². The molecule has 0 bridgehead atoms. The van der Waals surface area contributed by atoms with Gasteiger partial charge in [-0.1, -0.05) is 17.7 Å². The fourth-order valence-corrected chi connectivity index (χ4v) is 2.53. The number of piperidine rings is 1. The predicted octanol–water partition coefficient (Wildman–Crippen LogP) is 2.27. The molecular formula is C13H19ClN2O. The molecule has 0 radical (unpaired) electrons. The average molecular weight is 255 g/mol. The van der Waals surface area contributed by atoms with Gasteiger partial charge >= 0.3 is 0 Å². The molecule has 1 aliphatic heterocycles. The van der Waals surface area contributed by atoms with E-state index in [0.29, 0.717) is 10.7 Å². The molecule has 4 heteroatoms. The van der Waals surface area contributed by atoms with Crippen molar-refractivity contribution in [2.24, 2.45) is 0 Å². The van der Waals surface area contributed by atoms with Crippen LogP contribution in [0.4, 0.5) is 5.69 Å². The number of aliphatic hydroxyl groups is 1. The van der Waals surface area contributed by atoms with Gasteiger partial charge in [0.1, 0.15) is 0 Å². The molecular weight excluding hydrogens is 236 g/mol. The minimum Gasteiger partial charge on any atom is -0.398 e. The van der Waals surface area contributed by atoms with Crippen molar-refractivity contribution in [3.8, 4) is 0 Å². The normalized spacial score (nSPS) is 26.1. The molecule has 1 saturated heterocycles. The van der Waals surface area contributed by atoms with E-state index in [0.717, 1.165) is 38.0 Å². The maximum atomic E-state index is 10.0. The van der Waals surface area contributed by atoms with Crippen molar-refractivity contribution < 1.29 is 5.11 Å². The molecule has 3 N–H and O–H groups in total. The first-order valence-corrected chi connectivity index (χ1v) is 6.33. The van der Waals surface area contributed by atoms with Crippen LogP contribution in [0.5, 0.6) is 0 Å². The van der Waals surface area contributed by atoms with Crippen LogP contribution in [0.25, 0.3) is 0 Å². The van der Waals surface area contributed by atoms with E-state index >= 15 is 0 Å². The number of halogens is 1. The molecule has 1 heterocycles. The molecule has 17 heavy (non-hydrogen) atoms. The summed E-state index contributed by atoms with van der Waals surface area (Å²) in [7, 11) is 0. The van der Waals surface area contributed by atoms with Gasteiger partial charge in [0.05, 0.1) is 16.3 Å². The number of nitrogen functional groups attached to an aromatic ring is 1. The topological polar surface area (TPSA) is 49.5 Å². The van der Waals surface area contributed by atoms with Crippen molar-refractivity contribution in [3.05, 3.63) is 28.8 Å². The quantitative estimate of drug-likeness (QED) is 0.796. The highest BCUT2D eigenvalue weighted by molar-refractivity contribution is 6.33. The first-order chi connectivity index (χ1) is 7.96. The number of hydrogen-bond donors (Lipinski definition) is 2. The molecule has 0 saturated carbocycles. The summed E-state index contributed by atoms with van der Waals surface area (Å²) < 4.78 is 0. The van der Waals surface area contributed by atoms with Gasteiger partial charge in [-0.15, -0.1) is 0 Å². The lowest BCUT2D eigenvalue weighted by molar-refractivity contribution is -0.0181. The number of nitrogens with zero attached hydrogens (tertiary/aromatic N) is 1. The van der Waals surface area contributed by atoms with Crippen molar-refractivity contribution in [3.63, 3.8) is 0 Å². The van der Waals surface area contributed by atoms with E-state index < -0.39 is 5.60 Å². The summed E-state index contributed by atoms with van der Waals surface area (Å²) in [5.74, 6) is 0. The van der Waals surface area contributed by atoms with Gasteiger partial charge in [0.25, 0.3) is 0 Å². The lowest BCUT2D eigenvalue weighted by atomic mass is 9.95. The third-order valence-electron chi connectivity index (χ3n) is 3.22. The molecule has 0 amide bonds. The summed E-state index contributed by atoms with van der Waals surface area (Å²) in [5, 5.41) is 10.6. The number of nitrogens with two attached hydrogens (primary N) is 1. The zero-order valence-corrected chi connectivity index (χ0v) is 10.9. The molecule has 1 atom stereocenters. The largest absolute Gasteiger partial charge is 0.398 e. The van der Waals surface area contributed by atoms with Gasteiger partial charge in [0.2, 0.25) is 0 Å². The first-order valence-electron chi connectivity index (χ1n) is 5.95. The minimum absolute atomic E-state index is 0.559. The second-order valence-electron chi connectivity index (χ2n) is 5.17. The molecule has 1 aromatic rings. The van der Waals surface area contributed by atoms with Crippen LogP contribution in [-0.2, 0) is 6.54 Å². The van der Waals surface area contributed by atoms with Crippen LogP contribution in [0.2, 0.25) is 5.02 Å². The van der Waals surface area contributed by atoms with Gasteiger partial charge in [0, 0.05) is 13.1 Å². The Morgan fingerprint density at radius 1 is 1.53 bits per heavy atom. The Morgan fingerprint density at radius 2 is 2.29 bits per heavy atom. The second kappa shape index (κ2) is 4.84. The van der Waals surface area contributed by atoms with Crippen molar-refractivity contribution in [1.82, 2.24) is 4.90 Å². The Labute approximate surface area is 107 Å². The van der Waals surface area contributed by atoms with Crippen LogP contribution in [0.15, 0.2) is 18.2 Å². The smallest absolute Gasteiger partial charge is 0.0746 e. The zero-order chi connectivity index (χ0) is 12.5. The van der Waals surface area contributed by atoms with Crippen LogP contribution < -0.4 is 5.73 Å². The maximum absolute atomic E-state index is 10.0. The summed E-state index contributed by atoms with van der Waals surface area (Å²) in [5.41, 5.74) is 6.98. The fourth-order valence-electron chi connectivity index (χ4n) is 2.41. The monoisotopic (exact) mass is 254 g/mol. The molecule has 0 aliphatic carbocycles.